The van der Waals surface area contributed by atoms with Crippen LogP contribution in [0.25, 0.3) is 0 Å². The summed E-state index contributed by atoms with van der Waals surface area (Å²) in [5, 5.41) is 2.64. The smallest absolute Gasteiger partial charge is 0.207 e. The van der Waals surface area contributed by atoms with Crippen molar-refractivity contribution in [1.29, 1.82) is 0 Å². The lowest BCUT2D eigenvalue weighted by atomic mass is 9.86. The molecule has 0 aromatic rings. The molecule has 0 aliphatic heterocycles. The first-order valence-electron chi connectivity index (χ1n) is 7.38. The van der Waals surface area contributed by atoms with Gasteiger partial charge in [-0.1, -0.05) is 13.0 Å². The zero-order chi connectivity index (χ0) is 13.9. The van der Waals surface area contributed by atoms with E-state index >= 15 is 0 Å². The first kappa shape index (κ1) is 15.9. The molecule has 0 spiro atoms. The van der Waals surface area contributed by atoms with E-state index in [9.17, 15) is 4.79 Å². The van der Waals surface area contributed by atoms with E-state index in [0.717, 1.165) is 44.3 Å². The van der Waals surface area contributed by atoms with Crippen LogP contribution < -0.4 is 11.1 Å². The maximum absolute atomic E-state index is 10.1. The Kier molecular flexibility index (Phi) is 8.14. The van der Waals surface area contributed by atoms with Crippen molar-refractivity contribution in [3.8, 4) is 0 Å². The van der Waals surface area contributed by atoms with Gasteiger partial charge < -0.3 is 11.1 Å². The van der Waals surface area contributed by atoms with Crippen LogP contribution in [0.1, 0.15) is 45.4 Å². The summed E-state index contributed by atoms with van der Waals surface area (Å²) in [4.78, 5) is 14.8. The summed E-state index contributed by atoms with van der Waals surface area (Å²) >= 11 is 0. The zero-order valence-corrected chi connectivity index (χ0v) is 12.0. The Morgan fingerprint density at radius 1 is 1.37 bits per heavy atom. The first-order chi connectivity index (χ1) is 9.26. The van der Waals surface area contributed by atoms with Gasteiger partial charge in [0, 0.05) is 24.8 Å². The predicted octanol–water partition coefficient (Wildman–Crippen LogP) is 2.05. The average Bonchev–Trinajstić information content (AvgIpc) is 2.44. The van der Waals surface area contributed by atoms with E-state index in [1.807, 2.05) is 0 Å². The largest absolute Gasteiger partial charge is 0.358 e. The third-order valence-corrected chi connectivity index (χ3v) is 3.66. The second-order valence-corrected chi connectivity index (χ2v) is 5.23. The molecule has 4 heteroatoms. The van der Waals surface area contributed by atoms with Crippen molar-refractivity contribution in [2.45, 2.75) is 51.5 Å². The van der Waals surface area contributed by atoms with Crippen molar-refractivity contribution in [2.75, 3.05) is 13.1 Å². The normalized spacial score (nSPS) is 24.6. The quantitative estimate of drug-likeness (QED) is 0.401. The number of amides is 1. The highest BCUT2D eigenvalue weighted by Gasteiger charge is 2.17. The number of allylic oxidation sites excluding steroid dienone is 1. The van der Waals surface area contributed by atoms with Crippen molar-refractivity contribution in [1.82, 2.24) is 5.32 Å². The Balaban J connectivity index is 2.28. The van der Waals surface area contributed by atoms with Crippen molar-refractivity contribution < 1.29 is 4.79 Å². The lowest BCUT2D eigenvalue weighted by molar-refractivity contribution is -0.109. The first-order valence-corrected chi connectivity index (χ1v) is 7.38. The molecule has 3 N–H and O–H groups in total. The fraction of sp³-hybridized carbons (Fsp3) is 0.733. The Bertz CT molecular complexity index is 305. The van der Waals surface area contributed by atoms with E-state index < -0.39 is 0 Å². The summed E-state index contributed by atoms with van der Waals surface area (Å²) in [5.41, 5.74) is 7.06. The van der Waals surface area contributed by atoms with Gasteiger partial charge in [-0.05, 0) is 50.5 Å². The summed E-state index contributed by atoms with van der Waals surface area (Å²) in [6.45, 7) is 3.76. The van der Waals surface area contributed by atoms with Crippen LogP contribution in [-0.4, -0.2) is 31.3 Å². The van der Waals surface area contributed by atoms with Gasteiger partial charge in [0.05, 0.1) is 0 Å². The fourth-order valence-corrected chi connectivity index (χ4v) is 2.34. The minimum atomic E-state index is 0.413. The molecule has 0 aromatic heterocycles. The molecule has 19 heavy (non-hydrogen) atoms. The van der Waals surface area contributed by atoms with Crippen molar-refractivity contribution in [3.63, 3.8) is 0 Å². The summed E-state index contributed by atoms with van der Waals surface area (Å²) in [5.74, 6) is 0.714. The molecule has 1 fully saturated rings. The van der Waals surface area contributed by atoms with Crippen molar-refractivity contribution >= 4 is 12.1 Å². The third kappa shape index (κ3) is 7.11. The van der Waals surface area contributed by atoms with Crippen molar-refractivity contribution in [2.24, 2.45) is 16.6 Å². The molecule has 1 aliphatic carbocycles. The Labute approximate surface area is 116 Å². The zero-order valence-electron chi connectivity index (χ0n) is 12.0. The molecule has 0 bridgehead atoms. The number of nitrogens with zero attached hydrogens (tertiary/aromatic N) is 1. The number of nitrogens with two attached hydrogens (primary N) is 1. The molecule has 4 nitrogen and oxygen atoms in total. The molecule has 0 atom stereocenters. The van der Waals surface area contributed by atoms with Gasteiger partial charge in [0.25, 0.3) is 0 Å². The molecule has 1 aliphatic rings. The molecular weight excluding hydrogens is 238 g/mol. The highest BCUT2D eigenvalue weighted by molar-refractivity contribution is 5.94. The van der Waals surface area contributed by atoms with Crippen LogP contribution in [-0.2, 0) is 4.79 Å². The van der Waals surface area contributed by atoms with E-state index in [1.54, 1.807) is 0 Å². The number of aliphatic imine (C=N–C) groups is 1. The van der Waals surface area contributed by atoms with E-state index in [0.29, 0.717) is 18.5 Å². The lowest BCUT2D eigenvalue weighted by Crippen LogP contribution is -2.27. The molecule has 108 valence electrons. The number of carbonyl (C=O) groups is 1. The van der Waals surface area contributed by atoms with Gasteiger partial charge >= 0.3 is 0 Å². The van der Waals surface area contributed by atoms with Crippen molar-refractivity contribution in [3.05, 3.63) is 12.2 Å². The predicted molar refractivity (Wildman–Crippen MR) is 80.4 cm³/mol. The van der Waals surface area contributed by atoms with Gasteiger partial charge in [-0.3, -0.25) is 9.79 Å². The van der Waals surface area contributed by atoms with Crippen LogP contribution in [0.2, 0.25) is 0 Å². The summed E-state index contributed by atoms with van der Waals surface area (Å²) in [6.07, 6.45) is 11.4. The molecule has 0 unspecified atom stereocenters. The summed E-state index contributed by atoms with van der Waals surface area (Å²) < 4.78 is 0. The molecule has 0 saturated heterocycles. The van der Waals surface area contributed by atoms with Gasteiger partial charge in [0.2, 0.25) is 6.41 Å². The van der Waals surface area contributed by atoms with Crippen LogP contribution in [0.3, 0.4) is 0 Å². The Morgan fingerprint density at radius 3 is 2.74 bits per heavy atom. The minimum Gasteiger partial charge on any atom is -0.358 e. The van der Waals surface area contributed by atoms with E-state index in [2.05, 4.69) is 24.4 Å². The topological polar surface area (TPSA) is 67.5 Å². The summed E-state index contributed by atoms with van der Waals surface area (Å²) in [6, 6.07) is 0.413. The molecule has 0 aromatic carbocycles. The van der Waals surface area contributed by atoms with Crippen LogP contribution in [0.5, 0.6) is 0 Å². The lowest BCUT2D eigenvalue weighted by Gasteiger charge is -2.24. The molecule has 0 radical (unpaired) electrons. The molecule has 1 rings (SSSR count). The van der Waals surface area contributed by atoms with Gasteiger partial charge in [0.1, 0.15) is 0 Å². The second-order valence-electron chi connectivity index (χ2n) is 5.23. The summed E-state index contributed by atoms with van der Waals surface area (Å²) in [7, 11) is 0. The monoisotopic (exact) mass is 265 g/mol. The highest BCUT2D eigenvalue weighted by atomic mass is 16.1. The van der Waals surface area contributed by atoms with Gasteiger partial charge in [-0.15, -0.1) is 0 Å². The molecule has 1 amide bonds. The Morgan fingerprint density at radius 2 is 2.11 bits per heavy atom. The van der Waals surface area contributed by atoms with Crippen LogP contribution in [0, 0.1) is 5.92 Å². The van der Waals surface area contributed by atoms with E-state index in [4.69, 9.17) is 10.7 Å². The molecular formula is C15H27N3O. The van der Waals surface area contributed by atoms with Crippen LogP contribution in [0.15, 0.2) is 17.1 Å². The van der Waals surface area contributed by atoms with Crippen LogP contribution >= 0.6 is 0 Å². The second kappa shape index (κ2) is 9.73. The number of hydrogen-bond donors (Lipinski definition) is 2. The van der Waals surface area contributed by atoms with E-state index in [-0.39, 0.29) is 0 Å². The number of carbonyl (C=O) groups excluding carboxylic acids is 1. The van der Waals surface area contributed by atoms with Gasteiger partial charge in [-0.25, -0.2) is 0 Å². The SMILES string of the molecule is CCC(C=CCCNC=O)=NCC1CCC(N)CC1. The standard InChI is InChI=1S/C15H27N3O/c1-2-15(5-3-4-10-17-12-19)18-11-13-6-8-14(16)9-7-13/h3,5,12-14H,2,4,6-11,16H2,1H3,(H,17,19). The number of nitrogens with one attached hydrogen (secondary N) is 1. The molecule has 1 saturated carbocycles. The molecule has 0 heterocycles. The Hall–Kier alpha value is -1.16. The number of hydrogen-bond acceptors (Lipinski definition) is 3. The fourth-order valence-electron chi connectivity index (χ4n) is 2.34. The third-order valence-electron chi connectivity index (χ3n) is 3.66. The number of rotatable bonds is 8. The van der Waals surface area contributed by atoms with E-state index in [1.165, 1.54) is 12.8 Å². The van der Waals surface area contributed by atoms with Gasteiger partial charge in [-0.2, -0.15) is 0 Å². The highest BCUT2D eigenvalue weighted by Crippen LogP contribution is 2.23. The average molecular weight is 265 g/mol. The van der Waals surface area contributed by atoms with Crippen LogP contribution in [0.4, 0.5) is 0 Å². The maximum atomic E-state index is 10.1. The van der Waals surface area contributed by atoms with Gasteiger partial charge in [0.15, 0.2) is 0 Å². The minimum absolute atomic E-state index is 0.413. The maximum Gasteiger partial charge on any atom is 0.207 e.